The summed E-state index contributed by atoms with van der Waals surface area (Å²) in [6, 6.07) is 11.4. The Bertz CT molecular complexity index is 765. The first kappa shape index (κ1) is 15.4. The lowest BCUT2D eigenvalue weighted by atomic mass is 10.0. The molecular formula is C17H18N4OS. The standard InChI is InChI=1S/C17H18N4OS/c1-11(2)16(15-7-5-9-23-15)19-17(22)14-10-13(20-21-14)12-6-3-4-8-18-12/h3-11,16H,1-2H3,(H,19,22)(H,20,21)/t16-/m1/s1. The molecule has 0 radical (unpaired) electrons. The van der Waals surface area contributed by atoms with Gasteiger partial charge >= 0.3 is 0 Å². The van der Waals surface area contributed by atoms with Crippen LogP contribution >= 0.6 is 11.3 Å². The van der Waals surface area contributed by atoms with Gasteiger partial charge in [-0.15, -0.1) is 11.3 Å². The zero-order valence-electron chi connectivity index (χ0n) is 13.0. The molecule has 1 atom stereocenters. The molecule has 0 unspecified atom stereocenters. The third-order valence-corrected chi connectivity index (χ3v) is 4.51. The van der Waals surface area contributed by atoms with E-state index in [1.807, 2.05) is 35.7 Å². The molecule has 0 aliphatic heterocycles. The highest BCUT2D eigenvalue weighted by Crippen LogP contribution is 2.26. The minimum absolute atomic E-state index is 0.0101. The quantitative estimate of drug-likeness (QED) is 0.751. The number of thiophene rings is 1. The van der Waals surface area contributed by atoms with Gasteiger partial charge in [0.15, 0.2) is 0 Å². The number of hydrogen-bond acceptors (Lipinski definition) is 4. The summed E-state index contributed by atoms with van der Waals surface area (Å²) >= 11 is 1.65. The Morgan fingerprint density at radius 1 is 1.22 bits per heavy atom. The lowest BCUT2D eigenvalue weighted by molar-refractivity contribution is 0.0921. The van der Waals surface area contributed by atoms with E-state index in [1.165, 1.54) is 0 Å². The third-order valence-electron chi connectivity index (χ3n) is 3.55. The van der Waals surface area contributed by atoms with Crippen LogP contribution in [-0.2, 0) is 0 Å². The van der Waals surface area contributed by atoms with Crippen molar-refractivity contribution < 1.29 is 4.79 Å². The molecule has 2 N–H and O–H groups in total. The van der Waals surface area contributed by atoms with E-state index >= 15 is 0 Å². The SMILES string of the molecule is CC(C)[C@@H](NC(=O)c1cc(-c2ccccn2)n[nH]1)c1cccs1. The van der Waals surface area contributed by atoms with Gasteiger partial charge in [0.05, 0.1) is 11.7 Å². The molecule has 0 saturated carbocycles. The second-order valence-electron chi connectivity index (χ2n) is 5.59. The molecule has 3 aromatic heterocycles. The average molecular weight is 326 g/mol. The number of rotatable bonds is 5. The van der Waals surface area contributed by atoms with Crippen LogP contribution < -0.4 is 5.32 Å². The summed E-state index contributed by atoms with van der Waals surface area (Å²) in [5.41, 5.74) is 1.84. The van der Waals surface area contributed by atoms with Crippen LogP contribution in [0.2, 0.25) is 0 Å². The van der Waals surface area contributed by atoms with Gasteiger partial charge in [-0.2, -0.15) is 5.10 Å². The Balaban J connectivity index is 1.77. The fraction of sp³-hybridized carbons (Fsp3) is 0.235. The largest absolute Gasteiger partial charge is 0.343 e. The fourth-order valence-corrected chi connectivity index (χ4v) is 3.29. The van der Waals surface area contributed by atoms with Crippen molar-refractivity contribution in [1.29, 1.82) is 0 Å². The molecule has 0 saturated heterocycles. The van der Waals surface area contributed by atoms with Crippen LogP contribution in [0.25, 0.3) is 11.4 Å². The number of H-pyrrole nitrogens is 1. The smallest absolute Gasteiger partial charge is 0.269 e. The molecule has 0 aromatic carbocycles. The van der Waals surface area contributed by atoms with Crippen LogP contribution in [-0.4, -0.2) is 21.1 Å². The molecular weight excluding hydrogens is 308 g/mol. The third kappa shape index (κ3) is 3.48. The van der Waals surface area contributed by atoms with Crippen LogP contribution in [0.4, 0.5) is 0 Å². The summed E-state index contributed by atoms with van der Waals surface area (Å²) in [6.45, 7) is 4.19. The van der Waals surface area contributed by atoms with Crippen LogP contribution in [0, 0.1) is 5.92 Å². The van der Waals surface area contributed by atoms with Crippen LogP contribution in [0.15, 0.2) is 48.0 Å². The lowest BCUT2D eigenvalue weighted by Gasteiger charge is -2.20. The average Bonchev–Trinajstić information content (AvgIpc) is 3.24. The number of aromatic amines is 1. The van der Waals surface area contributed by atoms with E-state index in [0.29, 0.717) is 17.3 Å². The minimum atomic E-state index is -0.160. The Labute approximate surface area is 138 Å². The molecule has 3 rings (SSSR count). The monoisotopic (exact) mass is 326 g/mol. The number of nitrogens with one attached hydrogen (secondary N) is 2. The summed E-state index contributed by atoms with van der Waals surface area (Å²) in [7, 11) is 0. The van der Waals surface area contributed by atoms with E-state index < -0.39 is 0 Å². The van der Waals surface area contributed by atoms with Gasteiger partial charge in [-0.3, -0.25) is 14.9 Å². The highest BCUT2D eigenvalue weighted by Gasteiger charge is 2.21. The molecule has 118 valence electrons. The molecule has 0 aliphatic rings. The van der Waals surface area contributed by atoms with E-state index in [4.69, 9.17) is 0 Å². The van der Waals surface area contributed by atoms with Gasteiger partial charge in [0.1, 0.15) is 11.4 Å². The van der Waals surface area contributed by atoms with E-state index in [9.17, 15) is 4.79 Å². The summed E-state index contributed by atoms with van der Waals surface area (Å²) in [5, 5.41) is 12.1. The highest BCUT2D eigenvalue weighted by atomic mass is 32.1. The van der Waals surface area contributed by atoms with E-state index in [0.717, 1.165) is 10.6 Å². The summed E-state index contributed by atoms with van der Waals surface area (Å²) < 4.78 is 0. The number of carbonyl (C=O) groups excluding carboxylic acids is 1. The number of carbonyl (C=O) groups is 1. The van der Waals surface area contributed by atoms with Crippen LogP contribution in [0.3, 0.4) is 0 Å². The molecule has 1 amide bonds. The van der Waals surface area contributed by atoms with Gasteiger partial charge in [-0.05, 0) is 35.6 Å². The maximum Gasteiger partial charge on any atom is 0.269 e. The maximum atomic E-state index is 12.5. The summed E-state index contributed by atoms with van der Waals surface area (Å²) in [5.74, 6) is 0.141. The van der Waals surface area contributed by atoms with Crippen molar-refractivity contribution in [1.82, 2.24) is 20.5 Å². The zero-order valence-corrected chi connectivity index (χ0v) is 13.8. The number of hydrogen-bond donors (Lipinski definition) is 2. The molecule has 3 heterocycles. The van der Waals surface area contributed by atoms with Gasteiger partial charge in [-0.25, -0.2) is 0 Å². The summed E-state index contributed by atoms with van der Waals surface area (Å²) in [6.07, 6.45) is 1.70. The molecule has 6 heteroatoms. The van der Waals surface area contributed by atoms with Crippen molar-refractivity contribution >= 4 is 17.2 Å². The van der Waals surface area contributed by atoms with Crippen molar-refractivity contribution in [2.75, 3.05) is 0 Å². The van der Waals surface area contributed by atoms with Gasteiger partial charge in [0.25, 0.3) is 5.91 Å². The van der Waals surface area contributed by atoms with Gasteiger partial charge < -0.3 is 5.32 Å². The van der Waals surface area contributed by atoms with Crippen molar-refractivity contribution in [2.45, 2.75) is 19.9 Å². The first-order valence-electron chi connectivity index (χ1n) is 7.46. The molecule has 0 spiro atoms. The second-order valence-corrected chi connectivity index (χ2v) is 6.57. The lowest BCUT2D eigenvalue weighted by Crippen LogP contribution is -2.31. The Hall–Kier alpha value is -2.47. The van der Waals surface area contributed by atoms with Crippen molar-refractivity contribution in [3.05, 3.63) is 58.5 Å². The van der Waals surface area contributed by atoms with Gasteiger partial charge in [0, 0.05) is 11.1 Å². The van der Waals surface area contributed by atoms with Crippen LogP contribution in [0.5, 0.6) is 0 Å². The molecule has 0 aliphatic carbocycles. The topological polar surface area (TPSA) is 70.7 Å². The van der Waals surface area contributed by atoms with E-state index in [1.54, 1.807) is 23.6 Å². The first-order valence-corrected chi connectivity index (χ1v) is 8.34. The van der Waals surface area contributed by atoms with Crippen molar-refractivity contribution in [2.24, 2.45) is 5.92 Å². The predicted octanol–water partition coefficient (Wildman–Crippen LogP) is 3.66. The highest BCUT2D eigenvalue weighted by molar-refractivity contribution is 7.10. The molecule has 3 aromatic rings. The number of amides is 1. The number of nitrogens with zero attached hydrogens (tertiary/aromatic N) is 2. The predicted molar refractivity (Wildman–Crippen MR) is 91.2 cm³/mol. The van der Waals surface area contributed by atoms with Crippen LogP contribution in [0.1, 0.15) is 35.3 Å². The maximum absolute atomic E-state index is 12.5. The van der Waals surface area contributed by atoms with Crippen molar-refractivity contribution in [3.63, 3.8) is 0 Å². The van der Waals surface area contributed by atoms with Gasteiger partial charge in [-0.1, -0.05) is 26.0 Å². The normalized spacial score (nSPS) is 12.3. The van der Waals surface area contributed by atoms with Gasteiger partial charge in [0.2, 0.25) is 0 Å². The van der Waals surface area contributed by atoms with E-state index in [2.05, 4.69) is 34.3 Å². The first-order chi connectivity index (χ1) is 11.1. The zero-order chi connectivity index (χ0) is 16.2. The molecule has 23 heavy (non-hydrogen) atoms. The van der Waals surface area contributed by atoms with E-state index in [-0.39, 0.29) is 11.9 Å². The summed E-state index contributed by atoms with van der Waals surface area (Å²) in [4.78, 5) is 17.9. The Kier molecular flexibility index (Phi) is 4.52. The number of aromatic nitrogens is 3. The fourth-order valence-electron chi connectivity index (χ4n) is 2.34. The molecule has 0 bridgehead atoms. The molecule has 5 nitrogen and oxygen atoms in total. The second kappa shape index (κ2) is 6.75. The molecule has 0 fully saturated rings. The van der Waals surface area contributed by atoms with Crippen molar-refractivity contribution in [3.8, 4) is 11.4 Å². The Morgan fingerprint density at radius 2 is 2.09 bits per heavy atom. The minimum Gasteiger partial charge on any atom is -0.343 e. The number of pyridine rings is 1. The Morgan fingerprint density at radius 3 is 2.74 bits per heavy atom.